The first-order valence-electron chi connectivity index (χ1n) is 5.00. The third-order valence-electron chi connectivity index (χ3n) is 2.51. The zero-order valence-corrected chi connectivity index (χ0v) is 9.68. The molecular weight excluding hydrogens is 204 g/mol. The van der Waals surface area contributed by atoms with Crippen LogP contribution in [0.15, 0.2) is 42.5 Å². The minimum absolute atomic E-state index is 0.914. The maximum Gasteiger partial charge on any atom is 0.0447 e. The van der Waals surface area contributed by atoms with E-state index < -0.39 is 0 Å². The Labute approximate surface area is 95.5 Å². The van der Waals surface area contributed by atoms with Gasteiger partial charge < -0.3 is 0 Å². The Morgan fingerprint density at radius 2 is 1.60 bits per heavy atom. The molecule has 1 aromatic carbocycles. The summed E-state index contributed by atoms with van der Waals surface area (Å²) in [7, 11) is 0. The number of hydrogen-bond donors (Lipinski definition) is 0. The molecule has 3 rings (SSSR count). The zero-order valence-electron chi connectivity index (χ0n) is 8.92. The highest BCUT2D eigenvalue weighted by Gasteiger charge is 2.17. The molecule has 1 heteroatoms. The van der Waals surface area contributed by atoms with Gasteiger partial charge in [-0.05, 0) is 42.7 Å². The number of aryl methyl sites for hydroxylation is 1. The van der Waals surface area contributed by atoms with Crippen molar-refractivity contribution in [3.8, 4) is 11.1 Å². The third-order valence-corrected chi connectivity index (χ3v) is 2.91. The largest absolute Gasteiger partial charge is 0.0840 e. The quantitative estimate of drug-likeness (QED) is 0.514. The average Bonchev–Trinajstić information content (AvgIpc) is 2.92. The Bertz CT molecular complexity index is 472. The van der Waals surface area contributed by atoms with Gasteiger partial charge in [0.2, 0.25) is 0 Å². The fourth-order valence-electron chi connectivity index (χ4n) is 1.47. The molecule has 0 radical (unpaired) electrons. The van der Waals surface area contributed by atoms with E-state index in [0.29, 0.717) is 0 Å². The van der Waals surface area contributed by atoms with E-state index in [1.807, 2.05) is 31.2 Å². The number of rotatable bonds is 0. The number of benzene rings is 2. The summed E-state index contributed by atoms with van der Waals surface area (Å²) in [5, 5.41) is 0.914. The summed E-state index contributed by atoms with van der Waals surface area (Å²) in [6, 6.07) is 14.4. The van der Waals surface area contributed by atoms with Crippen LogP contribution in [0, 0.1) is 13.8 Å². The lowest BCUT2D eigenvalue weighted by Gasteiger charge is -1.82. The summed E-state index contributed by atoms with van der Waals surface area (Å²) in [4.78, 5) is 0. The van der Waals surface area contributed by atoms with E-state index in [-0.39, 0.29) is 0 Å². The van der Waals surface area contributed by atoms with E-state index in [2.05, 4.69) is 25.1 Å². The molecule has 0 spiro atoms. The number of halogens is 1. The fourth-order valence-corrected chi connectivity index (χ4v) is 1.69. The van der Waals surface area contributed by atoms with Gasteiger partial charge in [0.05, 0.1) is 0 Å². The zero-order chi connectivity index (χ0) is 10.8. The van der Waals surface area contributed by atoms with Crippen LogP contribution in [0.1, 0.15) is 11.1 Å². The molecule has 2 aliphatic carbocycles. The summed E-state index contributed by atoms with van der Waals surface area (Å²) in [5.41, 5.74) is 5.24. The summed E-state index contributed by atoms with van der Waals surface area (Å²) >= 11 is 5.75. The molecule has 0 saturated carbocycles. The Hall–Kier alpha value is -1.27. The summed E-state index contributed by atoms with van der Waals surface area (Å²) in [6.07, 6.45) is 0. The Balaban J connectivity index is 0.000000115. The first kappa shape index (κ1) is 10.3. The molecule has 76 valence electrons. The lowest BCUT2D eigenvalue weighted by molar-refractivity contribution is 1.48. The molecule has 1 aromatic rings. The van der Waals surface area contributed by atoms with Crippen molar-refractivity contribution in [2.75, 3.05) is 0 Å². The Kier molecular flexibility index (Phi) is 2.79. The van der Waals surface area contributed by atoms with Gasteiger partial charge >= 0.3 is 0 Å². The predicted molar refractivity (Wildman–Crippen MR) is 66.4 cm³/mol. The molecule has 2 aliphatic rings. The molecule has 0 aromatic heterocycles. The van der Waals surface area contributed by atoms with Crippen molar-refractivity contribution < 1.29 is 0 Å². The van der Waals surface area contributed by atoms with Gasteiger partial charge in [-0.3, -0.25) is 0 Å². The van der Waals surface area contributed by atoms with Gasteiger partial charge in [0.25, 0.3) is 0 Å². The third kappa shape index (κ3) is 2.40. The maximum atomic E-state index is 5.75. The van der Waals surface area contributed by atoms with Crippen molar-refractivity contribution in [3.63, 3.8) is 0 Å². The van der Waals surface area contributed by atoms with E-state index in [0.717, 1.165) is 5.02 Å². The first-order valence-corrected chi connectivity index (χ1v) is 5.38. The van der Waals surface area contributed by atoms with Crippen LogP contribution < -0.4 is 0 Å². The molecule has 0 heterocycles. The standard InChI is InChI=1S/C7H5Cl.C7H8/c1-4-6-2-5(6)3-7(4)8;1-7-5-3-2-4-6-7/h2-3H,1H3;2-6H,1H3. The van der Waals surface area contributed by atoms with Crippen LogP contribution in [-0.2, 0) is 0 Å². The molecular formula is C14H13Cl. The minimum atomic E-state index is 0.914. The highest BCUT2D eigenvalue weighted by molar-refractivity contribution is 6.33. The molecule has 0 fully saturated rings. The summed E-state index contributed by atoms with van der Waals surface area (Å²) in [6.45, 7) is 4.13. The van der Waals surface area contributed by atoms with E-state index in [4.69, 9.17) is 11.6 Å². The van der Waals surface area contributed by atoms with Crippen LogP contribution in [0.3, 0.4) is 0 Å². The van der Waals surface area contributed by atoms with Crippen LogP contribution in [0.5, 0.6) is 0 Å². The van der Waals surface area contributed by atoms with Gasteiger partial charge in [-0.1, -0.05) is 47.5 Å². The maximum absolute atomic E-state index is 5.75. The van der Waals surface area contributed by atoms with Gasteiger partial charge in [0, 0.05) is 5.02 Å². The van der Waals surface area contributed by atoms with E-state index in [1.165, 1.54) is 22.3 Å². The minimum Gasteiger partial charge on any atom is -0.0840 e. The van der Waals surface area contributed by atoms with Crippen LogP contribution in [0.25, 0.3) is 11.1 Å². The Morgan fingerprint density at radius 1 is 0.933 bits per heavy atom. The molecule has 0 aliphatic heterocycles. The number of fused-ring (bicyclic) bond motifs is 1. The van der Waals surface area contributed by atoms with Crippen molar-refractivity contribution in [2.24, 2.45) is 0 Å². The van der Waals surface area contributed by atoms with Crippen molar-refractivity contribution in [1.82, 2.24) is 0 Å². The topological polar surface area (TPSA) is 0 Å². The van der Waals surface area contributed by atoms with Crippen LogP contribution in [0.2, 0.25) is 5.02 Å². The van der Waals surface area contributed by atoms with Gasteiger partial charge in [-0.2, -0.15) is 0 Å². The molecule has 0 unspecified atom stereocenters. The van der Waals surface area contributed by atoms with Gasteiger partial charge in [-0.25, -0.2) is 0 Å². The van der Waals surface area contributed by atoms with E-state index >= 15 is 0 Å². The molecule has 0 saturated heterocycles. The van der Waals surface area contributed by atoms with Gasteiger partial charge in [0.15, 0.2) is 0 Å². The number of hydrogen-bond acceptors (Lipinski definition) is 0. The van der Waals surface area contributed by atoms with Crippen LogP contribution in [0.4, 0.5) is 0 Å². The molecule has 0 amide bonds. The van der Waals surface area contributed by atoms with Crippen molar-refractivity contribution in [1.29, 1.82) is 0 Å². The monoisotopic (exact) mass is 216 g/mol. The Morgan fingerprint density at radius 3 is 1.87 bits per heavy atom. The molecule has 0 N–H and O–H groups in total. The second-order valence-corrected chi connectivity index (χ2v) is 4.19. The van der Waals surface area contributed by atoms with Gasteiger partial charge in [-0.15, -0.1) is 0 Å². The molecule has 0 atom stereocenters. The normalized spacial score (nSPS) is 10.3. The van der Waals surface area contributed by atoms with Crippen molar-refractivity contribution >= 4 is 11.6 Å². The second kappa shape index (κ2) is 4.08. The fraction of sp³-hybridized carbons (Fsp3) is 0.143. The first-order chi connectivity index (χ1) is 7.18. The highest BCUT2D eigenvalue weighted by Crippen LogP contribution is 2.42. The second-order valence-electron chi connectivity index (χ2n) is 3.79. The molecule has 15 heavy (non-hydrogen) atoms. The van der Waals surface area contributed by atoms with Gasteiger partial charge in [0.1, 0.15) is 0 Å². The summed E-state index contributed by atoms with van der Waals surface area (Å²) in [5.74, 6) is 0. The van der Waals surface area contributed by atoms with Crippen molar-refractivity contribution in [3.05, 3.63) is 58.6 Å². The molecule has 0 nitrogen and oxygen atoms in total. The summed E-state index contributed by atoms with van der Waals surface area (Å²) < 4.78 is 0. The average molecular weight is 217 g/mol. The highest BCUT2D eigenvalue weighted by atomic mass is 35.5. The smallest absolute Gasteiger partial charge is 0.0447 e. The van der Waals surface area contributed by atoms with Crippen molar-refractivity contribution in [2.45, 2.75) is 13.8 Å². The lowest BCUT2D eigenvalue weighted by atomic mass is 10.2. The lowest BCUT2D eigenvalue weighted by Crippen LogP contribution is -1.62. The molecule has 0 bridgehead atoms. The van der Waals surface area contributed by atoms with E-state index in [9.17, 15) is 0 Å². The SMILES string of the molecule is Cc1c(Cl)cc2cc1-2.Cc1ccccc1. The van der Waals surface area contributed by atoms with Crippen LogP contribution >= 0.6 is 11.6 Å². The van der Waals surface area contributed by atoms with Crippen LogP contribution in [-0.4, -0.2) is 0 Å². The predicted octanol–water partition coefficient (Wildman–Crippen LogP) is 4.62. The van der Waals surface area contributed by atoms with E-state index in [1.54, 1.807) is 0 Å².